The summed E-state index contributed by atoms with van der Waals surface area (Å²) in [5, 5.41) is 0. The highest BCUT2D eigenvalue weighted by Gasteiger charge is 2.38. The van der Waals surface area contributed by atoms with Crippen molar-refractivity contribution in [3.8, 4) is 0 Å². The smallest absolute Gasteiger partial charge is 0.256 e. The van der Waals surface area contributed by atoms with E-state index in [0.29, 0.717) is 30.9 Å². The molecule has 1 aliphatic heterocycles. The Hall–Kier alpha value is -1.14. The van der Waals surface area contributed by atoms with Crippen molar-refractivity contribution in [3.05, 3.63) is 35.1 Å². The van der Waals surface area contributed by atoms with Crippen LogP contribution in [0.15, 0.2) is 18.2 Å². The minimum atomic E-state index is -0.471. The summed E-state index contributed by atoms with van der Waals surface area (Å²) in [5.74, 6) is -0.726. The van der Waals surface area contributed by atoms with Gasteiger partial charge in [0.1, 0.15) is 5.82 Å². The fraction of sp³-hybridized carbons (Fsp3) is 0.467. The van der Waals surface area contributed by atoms with Crippen molar-refractivity contribution in [1.29, 1.82) is 0 Å². The Morgan fingerprint density at radius 3 is 2.57 bits per heavy atom. The predicted molar refractivity (Wildman–Crippen MR) is 89.3 cm³/mol. The van der Waals surface area contributed by atoms with Gasteiger partial charge >= 0.3 is 0 Å². The molecule has 0 bridgehead atoms. The minimum Gasteiger partial charge on any atom is -0.392 e. The number of hydrogen-bond donors (Lipinski definition) is 1. The van der Waals surface area contributed by atoms with Gasteiger partial charge in [0.2, 0.25) is 0 Å². The van der Waals surface area contributed by atoms with Gasteiger partial charge in [-0.05, 0) is 38.2 Å². The summed E-state index contributed by atoms with van der Waals surface area (Å²) in [6, 6.07) is 4.60. The second-order valence-corrected chi connectivity index (χ2v) is 6.97. The van der Waals surface area contributed by atoms with E-state index in [0.717, 1.165) is 5.56 Å². The molecule has 0 unspecified atom stereocenters. The lowest BCUT2D eigenvalue weighted by Crippen LogP contribution is -2.50. The number of carbonyl (C=O) groups is 1. The van der Waals surface area contributed by atoms with E-state index < -0.39 is 5.82 Å². The van der Waals surface area contributed by atoms with E-state index in [1.54, 1.807) is 28.8 Å². The molecule has 3 nitrogen and oxygen atoms in total. The molecule has 114 valence electrons. The van der Waals surface area contributed by atoms with Gasteiger partial charge in [0.25, 0.3) is 5.91 Å². The molecule has 0 radical (unpaired) electrons. The van der Waals surface area contributed by atoms with Gasteiger partial charge in [0, 0.05) is 13.1 Å². The highest BCUT2D eigenvalue weighted by Crippen LogP contribution is 2.35. The minimum absolute atomic E-state index is 0.141. The molecule has 1 saturated heterocycles. The summed E-state index contributed by atoms with van der Waals surface area (Å²) in [4.78, 5) is 14.6. The molecule has 1 heterocycles. The zero-order valence-electron chi connectivity index (χ0n) is 12.2. The number of amides is 1. The van der Waals surface area contributed by atoms with Crippen LogP contribution < -0.4 is 5.73 Å². The zero-order valence-corrected chi connectivity index (χ0v) is 13.8. The average molecular weight is 326 g/mol. The third-order valence-corrected chi connectivity index (χ3v) is 5.98. The number of rotatable bonds is 3. The molecule has 1 amide bonds. The normalized spacial score (nSPS) is 17.6. The molecule has 21 heavy (non-hydrogen) atoms. The van der Waals surface area contributed by atoms with E-state index in [1.165, 1.54) is 6.07 Å². The second-order valence-electron chi connectivity index (χ2n) is 5.34. The molecular weight excluding hydrogens is 307 g/mol. The van der Waals surface area contributed by atoms with Crippen LogP contribution in [0.25, 0.3) is 0 Å². The maximum Gasteiger partial charge on any atom is 0.256 e. The third kappa shape index (κ3) is 3.21. The Balaban J connectivity index is 2.13. The van der Waals surface area contributed by atoms with Gasteiger partial charge in [0.05, 0.1) is 15.3 Å². The first-order valence-corrected chi connectivity index (χ1v) is 8.43. The van der Waals surface area contributed by atoms with Gasteiger partial charge in [-0.15, -0.1) is 0 Å². The zero-order chi connectivity index (χ0) is 15.6. The van der Waals surface area contributed by atoms with Gasteiger partial charge in [-0.25, -0.2) is 4.39 Å². The van der Waals surface area contributed by atoms with Crippen molar-refractivity contribution in [2.75, 3.05) is 19.3 Å². The summed E-state index contributed by atoms with van der Waals surface area (Å²) < 4.78 is 13.6. The lowest BCUT2D eigenvalue weighted by atomic mass is 9.95. The molecule has 1 aromatic carbocycles. The molecule has 6 heteroatoms. The number of thiocarbonyl (C=S) groups is 1. The number of thioether (sulfide) groups is 1. The van der Waals surface area contributed by atoms with Crippen LogP contribution in [0.1, 0.15) is 28.8 Å². The number of aryl methyl sites for hydroxylation is 1. The van der Waals surface area contributed by atoms with Crippen LogP contribution in [0.4, 0.5) is 4.39 Å². The maximum atomic E-state index is 13.8. The van der Waals surface area contributed by atoms with Crippen molar-refractivity contribution in [2.24, 2.45) is 5.73 Å². The molecule has 0 aromatic heterocycles. The molecule has 0 aliphatic carbocycles. The molecule has 0 spiro atoms. The first-order chi connectivity index (χ1) is 9.89. The number of nitrogens with two attached hydrogens (primary N) is 1. The van der Waals surface area contributed by atoms with Crippen LogP contribution in [0, 0.1) is 12.7 Å². The van der Waals surface area contributed by atoms with Crippen LogP contribution in [0.2, 0.25) is 0 Å². The van der Waals surface area contributed by atoms with E-state index >= 15 is 0 Å². The summed E-state index contributed by atoms with van der Waals surface area (Å²) in [5.41, 5.74) is 6.85. The van der Waals surface area contributed by atoms with Crippen molar-refractivity contribution in [3.63, 3.8) is 0 Å². The Morgan fingerprint density at radius 1 is 1.43 bits per heavy atom. The van der Waals surface area contributed by atoms with E-state index in [1.807, 2.05) is 13.2 Å². The topological polar surface area (TPSA) is 46.3 Å². The first kappa shape index (κ1) is 16.2. The number of benzene rings is 1. The molecule has 2 N–H and O–H groups in total. The fourth-order valence-electron chi connectivity index (χ4n) is 2.60. The fourth-order valence-corrected chi connectivity index (χ4v) is 3.84. The van der Waals surface area contributed by atoms with Gasteiger partial charge in [0.15, 0.2) is 0 Å². The van der Waals surface area contributed by atoms with Crippen molar-refractivity contribution < 1.29 is 9.18 Å². The number of nitrogens with zero attached hydrogens (tertiary/aromatic N) is 1. The number of hydrogen-bond acceptors (Lipinski definition) is 3. The Bertz CT molecular complexity index is 569. The average Bonchev–Trinajstić information content (AvgIpc) is 2.49. The molecule has 1 aromatic rings. The first-order valence-electron chi connectivity index (χ1n) is 6.80. The molecular formula is C15H19FN2OS2. The highest BCUT2D eigenvalue weighted by molar-refractivity contribution is 8.02. The van der Waals surface area contributed by atoms with Crippen molar-refractivity contribution in [2.45, 2.75) is 24.5 Å². The van der Waals surface area contributed by atoms with Crippen LogP contribution >= 0.6 is 24.0 Å². The lowest BCUT2D eigenvalue weighted by molar-refractivity contribution is 0.0714. The Kier molecular flexibility index (Phi) is 4.88. The number of piperidine rings is 1. The largest absolute Gasteiger partial charge is 0.392 e. The van der Waals surface area contributed by atoms with E-state index in [9.17, 15) is 9.18 Å². The SMILES string of the molecule is CSC1(C(N)=S)CCN(C(=O)c2cc(C)ccc2F)CC1. The summed E-state index contributed by atoms with van der Waals surface area (Å²) in [6.45, 7) is 2.94. The van der Waals surface area contributed by atoms with Gasteiger partial charge < -0.3 is 10.6 Å². The number of likely N-dealkylation sites (tertiary alicyclic amines) is 1. The van der Waals surface area contributed by atoms with E-state index in [-0.39, 0.29) is 16.2 Å². The standard InChI is InChI=1S/C15H19FN2OS2/c1-10-3-4-12(16)11(9-10)13(19)18-7-5-15(21-2,6-8-18)14(17)20/h3-4,9H,5-8H2,1-2H3,(H2,17,20). The molecule has 2 rings (SSSR count). The highest BCUT2D eigenvalue weighted by atomic mass is 32.2. The second kappa shape index (κ2) is 6.32. The quantitative estimate of drug-likeness (QED) is 0.868. The molecule has 1 fully saturated rings. The third-order valence-electron chi connectivity index (χ3n) is 4.05. The van der Waals surface area contributed by atoms with Crippen LogP contribution in [-0.2, 0) is 0 Å². The van der Waals surface area contributed by atoms with Crippen LogP contribution in [-0.4, -0.2) is 39.9 Å². The van der Waals surface area contributed by atoms with Crippen LogP contribution in [0.3, 0.4) is 0 Å². The number of carbonyl (C=O) groups excluding carboxylic acids is 1. The van der Waals surface area contributed by atoms with Crippen LogP contribution in [0.5, 0.6) is 0 Å². The summed E-state index contributed by atoms with van der Waals surface area (Å²) >= 11 is 6.79. The maximum absolute atomic E-state index is 13.8. The van der Waals surface area contributed by atoms with E-state index in [4.69, 9.17) is 18.0 Å². The Morgan fingerprint density at radius 2 is 2.05 bits per heavy atom. The molecule has 1 aliphatic rings. The van der Waals surface area contributed by atoms with Gasteiger partial charge in [-0.2, -0.15) is 11.8 Å². The van der Waals surface area contributed by atoms with Gasteiger partial charge in [-0.1, -0.05) is 23.8 Å². The van der Waals surface area contributed by atoms with E-state index in [2.05, 4.69) is 0 Å². The summed E-state index contributed by atoms with van der Waals surface area (Å²) in [6.07, 6.45) is 3.40. The van der Waals surface area contributed by atoms with Gasteiger partial charge in [-0.3, -0.25) is 4.79 Å². The predicted octanol–water partition coefficient (Wildman–Crippen LogP) is 2.76. The molecule has 0 saturated carbocycles. The van der Waals surface area contributed by atoms with Crippen molar-refractivity contribution in [1.82, 2.24) is 4.90 Å². The summed E-state index contributed by atoms with van der Waals surface area (Å²) in [7, 11) is 0. The number of halogens is 1. The lowest BCUT2D eigenvalue weighted by Gasteiger charge is -2.40. The van der Waals surface area contributed by atoms with Crippen molar-refractivity contribution >= 4 is 34.9 Å². The molecule has 0 atom stereocenters. The monoisotopic (exact) mass is 326 g/mol. The Labute approximate surface area is 134 Å².